The largest absolute Gasteiger partial charge is 0.321 e. The average Bonchev–Trinajstić information content (AvgIpc) is 3.03. The minimum atomic E-state index is -0.379. The first-order chi connectivity index (χ1) is 9.58. The van der Waals surface area contributed by atoms with E-state index in [1.54, 1.807) is 12.1 Å². The molecule has 0 aliphatic carbocycles. The smallest absolute Gasteiger partial charge is 0.261 e. The molecule has 0 radical (unpaired) electrons. The number of imide groups is 1. The Labute approximate surface area is 118 Å². The molecule has 1 aliphatic heterocycles. The Kier molecular flexibility index (Phi) is 2.87. The zero-order chi connectivity index (χ0) is 14.3. The molecule has 0 saturated carbocycles. The Bertz CT molecular complexity index is 722. The summed E-state index contributed by atoms with van der Waals surface area (Å²) >= 11 is 1.48. The van der Waals surface area contributed by atoms with Crippen molar-refractivity contribution in [3.63, 3.8) is 0 Å². The van der Waals surface area contributed by atoms with E-state index in [1.165, 1.54) is 30.5 Å². The summed E-state index contributed by atoms with van der Waals surface area (Å²) in [6.07, 6.45) is 0. The molecule has 1 aromatic carbocycles. The van der Waals surface area contributed by atoms with Crippen LogP contribution in [0, 0.1) is 0 Å². The van der Waals surface area contributed by atoms with Crippen molar-refractivity contribution >= 4 is 34.7 Å². The molecular formula is C14H10N2O3S. The summed E-state index contributed by atoms with van der Waals surface area (Å²) in [4.78, 5) is 36.7. The van der Waals surface area contributed by atoms with E-state index in [9.17, 15) is 14.4 Å². The topological polar surface area (TPSA) is 66.5 Å². The highest BCUT2D eigenvalue weighted by atomic mass is 32.1. The number of carbonyl (C=O) groups excluding carboxylic acids is 3. The fourth-order valence-corrected chi connectivity index (χ4v) is 2.63. The fraction of sp³-hybridized carbons (Fsp3) is 0.0714. The van der Waals surface area contributed by atoms with Crippen molar-refractivity contribution in [2.75, 3.05) is 12.4 Å². The first kappa shape index (κ1) is 12.6. The second-order valence-corrected chi connectivity index (χ2v) is 5.18. The molecule has 3 amide bonds. The minimum absolute atomic E-state index is 0.274. The first-order valence-electron chi connectivity index (χ1n) is 5.88. The maximum Gasteiger partial charge on any atom is 0.261 e. The van der Waals surface area contributed by atoms with Crippen LogP contribution in [0.3, 0.4) is 0 Å². The molecule has 0 bridgehead atoms. The van der Waals surface area contributed by atoms with Gasteiger partial charge in [0.1, 0.15) is 0 Å². The summed E-state index contributed by atoms with van der Waals surface area (Å²) in [7, 11) is 1.43. The van der Waals surface area contributed by atoms with Gasteiger partial charge in [-0.05, 0) is 29.6 Å². The molecule has 0 saturated heterocycles. The molecule has 1 aromatic heterocycles. The number of rotatable bonds is 2. The Balaban J connectivity index is 1.92. The quantitative estimate of drug-likeness (QED) is 0.861. The normalized spacial score (nSPS) is 13.6. The summed E-state index contributed by atoms with van der Waals surface area (Å²) < 4.78 is 0. The molecule has 3 rings (SSSR count). The van der Waals surface area contributed by atoms with Crippen LogP contribution in [0.4, 0.5) is 5.69 Å². The van der Waals surface area contributed by atoms with Crippen LogP contribution in [0.25, 0.3) is 0 Å². The lowest BCUT2D eigenvalue weighted by atomic mass is 10.1. The summed E-state index contributed by atoms with van der Waals surface area (Å²) in [6.45, 7) is 0. The molecule has 20 heavy (non-hydrogen) atoms. The van der Waals surface area contributed by atoms with Crippen LogP contribution in [-0.2, 0) is 0 Å². The number of nitrogens with zero attached hydrogens (tertiary/aromatic N) is 1. The van der Waals surface area contributed by atoms with Crippen LogP contribution in [0.5, 0.6) is 0 Å². The Hall–Kier alpha value is -2.47. The minimum Gasteiger partial charge on any atom is -0.321 e. The number of benzene rings is 1. The molecule has 100 valence electrons. The van der Waals surface area contributed by atoms with Gasteiger partial charge in [-0.2, -0.15) is 11.3 Å². The van der Waals surface area contributed by atoms with Crippen LogP contribution in [0.2, 0.25) is 0 Å². The molecule has 2 aromatic rings. The van der Waals surface area contributed by atoms with Gasteiger partial charge in [-0.25, -0.2) is 0 Å². The van der Waals surface area contributed by atoms with Crippen molar-refractivity contribution in [3.05, 3.63) is 51.7 Å². The number of fused-ring (bicyclic) bond motifs is 1. The molecule has 2 heterocycles. The van der Waals surface area contributed by atoms with Gasteiger partial charge >= 0.3 is 0 Å². The van der Waals surface area contributed by atoms with E-state index in [1.807, 2.05) is 10.8 Å². The number of hydrogen-bond donors (Lipinski definition) is 1. The summed E-state index contributed by atoms with van der Waals surface area (Å²) in [6, 6.07) is 6.31. The Morgan fingerprint density at radius 3 is 2.60 bits per heavy atom. The number of anilines is 1. The maximum absolute atomic E-state index is 12.1. The number of amides is 3. The highest BCUT2D eigenvalue weighted by Crippen LogP contribution is 2.23. The molecule has 1 aliphatic rings. The third-order valence-corrected chi connectivity index (χ3v) is 3.81. The van der Waals surface area contributed by atoms with Crippen molar-refractivity contribution in [3.8, 4) is 0 Å². The summed E-state index contributed by atoms with van der Waals surface area (Å²) in [5, 5.41) is 6.40. The molecule has 0 spiro atoms. The zero-order valence-corrected chi connectivity index (χ0v) is 11.4. The highest BCUT2D eigenvalue weighted by molar-refractivity contribution is 7.08. The second-order valence-electron chi connectivity index (χ2n) is 4.40. The van der Waals surface area contributed by atoms with Crippen molar-refractivity contribution in [1.82, 2.24) is 4.90 Å². The van der Waals surface area contributed by atoms with E-state index in [2.05, 4.69) is 5.32 Å². The standard InChI is InChI=1S/C14H10N2O3S/c1-16-13(18)10-3-2-8(6-11(10)14(16)19)12(17)15-9-4-5-20-7-9/h2-7H,1H3,(H,15,17). The van der Waals surface area contributed by atoms with E-state index < -0.39 is 0 Å². The lowest BCUT2D eigenvalue weighted by Gasteiger charge is -2.04. The van der Waals surface area contributed by atoms with Crippen LogP contribution in [0.1, 0.15) is 31.1 Å². The van der Waals surface area contributed by atoms with E-state index in [0.717, 1.165) is 4.90 Å². The third-order valence-electron chi connectivity index (χ3n) is 3.13. The van der Waals surface area contributed by atoms with Crippen LogP contribution >= 0.6 is 11.3 Å². The SMILES string of the molecule is CN1C(=O)c2ccc(C(=O)Nc3ccsc3)cc2C1=O. The monoisotopic (exact) mass is 286 g/mol. The number of nitrogens with one attached hydrogen (secondary N) is 1. The summed E-state index contributed by atoms with van der Waals surface area (Å²) in [5.74, 6) is -1.02. The lowest BCUT2D eigenvalue weighted by Crippen LogP contribution is -2.24. The second kappa shape index (κ2) is 4.57. The van der Waals surface area contributed by atoms with Gasteiger partial charge in [-0.3, -0.25) is 19.3 Å². The van der Waals surface area contributed by atoms with Crippen molar-refractivity contribution in [2.24, 2.45) is 0 Å². The molecular weight excluding hydrogens is 276 g/mol. The Morgan fingerprint density at radius 1 is 1.15 bits per heavy atom. The van der Waals surface area contributed by atoms with E-state index >= 15 is 0 Å². The summed E-state index contributed by atoms with van der Waals surface area (Å²) in [5.41, 5.74) is 1.67. The third kappa shape index (κ3) is 1.90. The predicted octanol–water partition coefficient (Wildman–Crippen LogP) is 2.23. The van der Waals surface area contributed by atoms with Crippen LogP contribution in [0.15, 0.2) is 35.0 Å². The number of hydrogen-bond acceptors (Lipinski definition) is 4. The molecule has 6 heteroatoms. The van der Waals surface area contributed by atoms with Crippen molar-refractivity contribution < 1.29 is 14.4 Å². The zero-order valence-electron chi connectivity index (χ0n) is 10.5. The van der Waals surface area contributed by atoms with Gasteiger partial charge in [0.25, 0.3) is 17.7 Å². The van der Waals surface area contributed by atoms with E-state index in [0.29, 0.717) is 16.8 Å². The number of carbonyl (C=O) groups is 3. The van der Waals surface area contributed by atoms with Crippen molar-refractivity contribution in [1.29, 1.82) is 0 Å². The van der Waals surface area contributed by atoms with E-state index in [4.69, 9.17) is 0 Å². The lowest BCUT2D eigenvalue weighted by molar-refractivity contribution is 0.0693. The van der Waals surface area contributed by atoms with Crippen LogP contribution < -0.4 is 5.32 Å². The van der Waals surface area contributed by atoms with Gasteiger partial charge in [-0.1, -0.05) is 0 Å². The molecule has 0 fully saturated rings. The predicted molar refractivity (Wildman–Crippen MR) is 75.1 cm³/mol. The molecule has 5 nitrogen and oxygen atoms in total. The maximum atomic E-state index is 12.1. The average molecular weight is 286 g/mol. The van der Waals surface area contributed by atoms with Gasteiger partial charge in [0, 0.05) is 18.0 Å². The Morgan fingerprint density at radius 2 is 1.90 bits per heavy atom. The number of thiophene rings is 1. The van der Waals surface area contributed by atoms with Gasteiger partial charge in [-0.15, -0.1) is 0 Å². The van der Waals surface area contributed by atoms with Gasteiger partial charge in [0.15, 0.2) is 0 Å². The highest BCUT2D eigenvalue weighted by Gasteiger charge is 2.33. The van der Waals surface area contributed by atoms with Gasteiger partial charge in [0.2, 0.25) is 0 Å². The first-order valence-corrected chi connectivity index (χ1v) is 6.82. The molecule has 1 N–H and O–H groups in total. The molecule has 0 unspecified atom stereocenters. The van der Waals surface area contributed by atoms with Crippen LogP contribution in [-0.4, -0.2) is 29.7 Å². The fourth-order valence-electron chi connectivity index (χ4n) is 2.04. The van der Waals surface area contributed by atoms with Gasteiger partial charge < -0.3 is 5.32 Å². The van der Waals surface area contributed by atoms with Crippen molar-refractivity contribution in [2.45, 2.75) is 0 Å². The van der Waals surface area contributed by atoms with E-state index in [-0.39, 0.29) is 23.3 Å². The molecule has 0 atom stereocenters. The van der Waals surface area contributed by atoms with Gasteiger partial charge in [0.05, 0.1) is 16.8 Å².